The molecule has 0 saturated carbocycles. The molecule has 22 heavy (non-hydrogen) atoms. The van der Waals surface area contributed by atoms with Crippen molar-refractivity contribution in [3.05, 3.63) is 30.1 Å². The number of rotatable bonds is 8. The maximum atomic E-state index is 5.37. The molecular weight excluding hydrogens is 276 g/mol. The molecule has 0 aliphatic heterocycles. The first-order valence-corrected chi connectivity index (χ1v) is 8.03. The van der Waals surface area contributed by atoms with E-state index >= 15 is 0 Å². The summed E-state index contributed by atoms with van der Waals surface area (Å²) in [4.78, 5) is 6.83. The van der Waals surface area contributed by atoms with E-state index in [1.165, 1.54) is 5.69 Å². The molecule has 5 nitrogen and oxygen atoms in total. The zero-order chi connectivity index (χ0) is 15.9. The molecule has 0 radical (unpaired) electrons. The Morgan fingerprint density at radius 3 is 2.55 bits per heavy atom. The van der Waals surface area contributed by atoms with Crippen molar-refractivity contribution >= 4 is 5.69 Å². The Balaban J connectivity index is 2.10. The van der Waals surface area contributed by atoms with Gasteiger partial charge in [0.1, 0.15) is 0 Å². The van der Waals surface area contributed by atoms with Gasteiger partial charge in [0.05, 0.1) is 0 Å². The lowest BCUT2D eigenvalue weighted by molar-refractivity contribution is 0.418. The number of nitrogens with one attached hydrogen (secondary N) is 1. The summed E-state index contributed by atoms with van der Waals surface area (Å²) in [5.74, 6) is 1.32. The van der Waals surface area contributed by atoms with Gasteiger partial charge in [0.2, 0.25) is 0 Å². The van der Waals surface area contributed by atoms with Crippen LogP contribution >= 0.6 is 0 Å². The Bertz CT molecular complexity index is 564. The van der Waals surface area contributed by atoms with E-state index in [9.17, 15) is 0 Å². The average Bonchev–Trinajstić information content (AvgIpc) is 3.01. The smallest absolute Gasteiger partial charge is 0.257 e. The van der Waals surface area contributed by atoms with Crippen molar-refractivity contribution in [2.24, 2.45) is 0 Å². The summed E-state index contributed by atoms with van der Waals surface area (Å²) in [6.45, 7) is 8.56. The SMILES string of the molecule is CCCN(CC)c1ccc(-c2nc(CC(C)NC)no2)cc1. The fourth-order valence-corrected chi connectivity index (χ4v) is 2.38. The van der Waals surface area contributed by atoms with Crippen LogP contribution in [0, 0.1) is 0 Å². The summed E-state index contributed by atoms with van der Waals surface area (Å²) in [5.41, 5.74) is 2.20. The molecule has 0 bridgehead atoms. The van der Waals surface area contributed by atoms with E-state index in [1.807, 2.05) is 19.2 Å². The van der Waals surface area contributed by atoms with Crippen LogP contribution in [0.2, 0.25) is 0 Å². The summed E-state index contributed by atoms with van der Waals surface area (Å²) in [5, 5.41) is 7.22. The van der Waals surface area contributed by atoms with Gasteiger partial charge in [-0.2, -0.15) is 4.98 Å². The molecule has 0 aliphatic rings. The molecule has 0 aliphatic carbocycles. The first-order valence-electron chi connectivity index (χ1n) is 8.03. The van der Waals surface area contributed by atoms with E-state index in [0.717, 1.165) is 37.3 Å². The molecule has 1 unspecified atom stereocenters. The van der Waals surface area contributed by atoms with Gasteiger partial charge in [-0.3, -0.25) is 0 Å². The van der Waals surface area contributed by atoms with Gasteiger partial charge in [-0.05, 0) is 51.6 Å². The molecular formula is C17H26N4O. The van der Waals surface area contributed by atoms with E-state index < -0.39 is 0 Å². The number of aromatic nitrogens is 2. The summed E-state index contributed by atoms with van der Waals surface area (Å²) in [6.07, 6.45) is 1.91. The lowest BCUT2D eigenvalue weighted by Gasteiger charge is -2.22. The van der Waals surface area contributed by atoms with E-state index in [2.05, 4.69) is 53.3 Å². The van der Waals surface area contributed by atoms with Crippen molar-refractivity contribution in [3.63, 3.8) is 0 Å². The predicted molar refractivity (Wildman–Crippen MR) is 90.1 cm³/mol. The van der Waals surface area contributed by atoms with Crippen LogP contribution in [0.1, 0.15) is 33.0 Å². The van der Waals surface area contributed by atoms with E-state index in [4.69, 9.17) is 4.52 Å². The third-order valence-corrected chi connectivity index (χ3v) is 3.80. The molecule has 1 heterocycles. The van der Waals surface area contributed by atoms with Crippen LogP contribution in [0.3, 0.4) is 0 Å². The largest absolute Gasteiger partial charge is 0.372 e. The van der Waals surface area contributed by atoms with Gasteiger partial charge in [0.15, 0.2) is 5.82 Å². The average molecular weight is 302 g/mol. The lowest BCUT2D eigenvalue weighted by Crippen LogP contribution is -2.24. The summed E-state index contributed by atoms with van der Waals surface area (Å²) in [7, 11) is 1.93. The lowest BCUT2D eigenvalue weighted by atomic mass is 10.2. The van der Waals surface area contributed by atoms with Crippen LogP contribution < -0.4 is 10.2 Å². The van der Waals surface area contributed by atoms with Crippen LogP contribution in [0.5, 0.6) is 0 Å². The Morgan fingerprint density at radius 1 is 1.23 bits per heavy atom. The fourth-order valence-electron chi connectivity index (χ4n) is 2.38. The Hall–Kier alpha value is -1.88. The summed E-state index contributed by atoms with van der Waals surface area (Å²) < 4.78 is 5.37. The van der Waals surface area contributed by atoms with Crippen LogP contribution in [0.4, 0.5) is 5.69 Å². The first kappa shape index (κ1) is 16.5. The minimum atomic E-state index is 0.333. The molecule has 120 valence electrons. The molecule has 1 N–H and O–H groups in total. The topological polar surface area (TPSA) is 54.2 Å². The van der Waals surface area contributed by atoms with Crippen LogP contribution in [-0.4, -0.2) is 36.3 Å². The molecule has 2 rings (SSSR count). The molecule has 0 fully saturated rings. The maximum absolute atomic E-state index is 5.37. The standard InChI is InChI=1S/C17H26N4O/c1-5-11-21(6-2)15-9-7-14(8-10-15)17-19-16(20-22-17)12-13(3)18-4/h7-10,13,18H,5-6,11-12H2,1-4H3. The molecule has 0 saturated heterocycles. The van der Waals surface area contributed by atoms with Gasteiger partial charge in [-0.1, -0.05) is 12.1 Å². The summed E-state index contributed by atoms with van der Waals surface area (Å²) in [6, 6.07) is 8.67. The molecule has 0 amide bonds. The highest BCUT2D eigenvalue weighted by Crippen LogP contribution is 2.22. The molecule has 1 aromatic carbocycles. The highest BCUT2D eigenvalue weighted by atomic mass is 16.5. The zero-order valence-corrected chi connectivity index (χ0v) is 14.0. The van der Waals surface area contributed by atoms with Crippen molar-refractivity contribution in [2.45, 2.75) is 39.7 Å². The molecule has 1 aromatic heterocycles. The number of benzene rings is 1. The Morgan fingerprint density at radius 2 is 1.95 bits per heavy atom. The third kappa shape index (κ3) is 4.07. The monoisotopic (exact) mass is 302 g/mol. The van der Waals surface area contributed by atoms with Gasteiger partial charge >= 0.3 is 0 Å². The fraction of sp³-hybridized carbons (Fsp3) is 0.529. The van der Waals surface area contributed by atoms with Crippen molar-refractivity contribution in [3.8, 4) is 11.5 Å². The number of nitrogens with zero attached hydrogens (tertiary/aromatic N) is 3. The van der Waals surface area contributed by atoms with Gasteiger partial charge in [-0.15, -0.1) is 0 Å². The van der Waals surface area contributed by atoms with Gasteiger partial charge in [-0.25, -0.2) is 0 Å². The molecule has 5 heteroatoms. The van der Waals surface area contributed by atoms with Gasteiger partial charge < -0.3 is 14.7 Å². The number of anilines is 1. The molecule has 2 aromatic rings. The van der Waals surface area contributed by atoms with E-state index in [1.54, 1.807) is 0 Å². The van der Waals surface area contributed by atoms with Crippen LogP contribution in [0.15, 0.2) is 28.8 Å². The normalized spacial score (nSPS) is 12.4. The van der Waals surface area contributed by atoms with Crippen molar-refractivity contribution < 1.29 is 4.52 Å². The van der Waals surface area contributed by atoms with Gasteiger partial charge in [0, 0.05) is 36.8 Å². The van der Waals surface area contributed by atoms with E-state index in [-0.39, 0.29) is 0 Å². The number of hydrogen-bond donors (Lipinski definition) is 1. The van der Waals surface area contributed by atoms with Crippen molar-refractivity contribution in [1.82, 2.24) is 15.5 Å². The van der Waals surface area contributed by atoms with Gasteiger partial charge in [0.25, 0.3) is 5.89 Å². The quantitative estimate of drug-likeness (QED) is 0.812. The van der Waals surface area contributed by atoms with Crippen LogP contribution in [-0.2, 0) is 6.42 Å². The third-order valence-electron chi connectivity index (χ3n) is 3.80. The molecule has 1 atom stereocenters. The highest BCUT2D eigenvalue weighted by Gasteiger charge is 2.11. The second-order valence-electron chi connectivity index (χ2n) is 5.54. The minimum absolute atomic E-state index is 0.333. The maximum Gasteiger partial charge on any atom is 0.257 e. The Kier molecular flexibility index (Phi) is 5.95. The second-order valence-corrected chi connectivity index (χ2v) is 5.54. The van der Waals surface area contributed by atoms with E-state index in [0.29, 0.717) is 11.9 Å². The highest BCUT2D eigenvalue weighted by molar-refractivity contribution is 5.59. The minimum Gasteiger partial charge on any atom is -0.372 e. The predicted octanol–water partition coefficient (Wildman–Crippen LogP) is 3.12. The summed E-state index contributed by atoms with van der Waals surface area (Å²) >= 11 is 0. The van der Waals surface area contributed by atoms with Crippen LogP contribution in [0.25, 0.3) is 11.5 Å². The van der Waals surface area contributed by atoms with Crippen molar-refractivity contribution in [1.29, 1.82) is 0 Å². The first-order chi connectivity index (χ1) is 10.7. The number of hydrogen-bond acceptors (Lipinski definition) is 5. The zero-order valence-electron chi connectivity index (χ0n) is 14.0. The van der Waals surface area contributed by atoms with Crippen molar-refractivity contribution in [2.75, 3.05) is 25.0 Å². The Labute approximate surface area is 132 Å². The number of likely N-dealkylation sites (N-methyl/N-ethyl adjacent to an activating group) is 1. The molecule has 0 spiro atoms. The second kappa shape index (κ2) is 7.94.